The zero-order chi connectivity index (χ0) is 22.2. The van der Waals surface area contributed by atoms with Crippen molar-refractivity contribution in [1.82, 2.24) is 15.1 Å². The van der Waals surface area contributed by atoms with E-state index in [4.69, 9.17) is 0 Å². The van der Waals surface area contributed by atoms with E-state index in [0.717, 1.165) is 17.7 Å². The van der Waals surface area contributed by atoms with Gasteiger partial charge >= 0.3 is 24.1 Å². The zero-order valence-corrected chi connectivity index (χ0v) is 16.8. The highest BCUT2D eigenvalue weighted by atomic mass is 19.4. The summed E-state index contributed by atoms with van der Waals surface area (Å²) >= 11 is 0. The van der Waals surface area contributed by atoms with Crippen molar-refractivity contribution in [3.8, 4) is 0 Å². The molecule has 1 aromatic carbocycles. The molecule has 1 spiro atoms. The Kier molecular flexibility index (Phi) is 5.81. The number of hydrogen-bond acceptors (Lipinski definition) is 5. The number of rotatable bonds is 4. The van der Waals surface area contributed by atoms with Crippen molar-refractivity contribution in [2.75, 3.05) is 27.2 Å². The lowest BCUT2D eigenvalue weighted by Crippen LogP contribution is -2.54. The molecule has 1 saturated heterocycles. The van der Waals surface area contributed by atoms with Gasteiger partial charge in [0.15, 0.2) is 0 Å². The van der Waals surface area contributed by atoms with Gasteiger partial charge in [0.25, 0.3) is 0 Å². The monoisotopic (exact) mass is 427 g/mol. The van der Waals surface area contributed by atoms with Crippen LogP contribution in [0.3, 0.4) is 0 Å². The van der Waals surface area contributed by atoms with Gasteiger partial charge in [-0.05, 0) is 45.3 Å². The number of urea groups is 1. The van der Waals surface area contributed by atoms with Crippen molar-refractivity contribution in [2.24, 2.45) is 0 Å². The number of alkyl halides is 3. The minimum absolute atomic E-state index is 0.166. The van der Waals surface area contributed by atoms with E-state index in [1.165, 1.54) is 5.56 Å². The van der Waals surface area contributed by atoms with Crippen LogP contribution in [0.1, 0.15) is 31.2 Å². The Hall–Kier alpha value is -2.62. The molecule has 10 heteroatoms. The van der Waals surface area contributed by atoms with E-state index in [9.17, 15) is 27.6 Å². The number of ether oxygens (including phenoxy) is 1. The van der Waals surface area contributed by atoms with E-state index in [0.29, 0.717) is 12.8 Å². The van der Waals surface area contributed by atoms with Gasteiger partial charge in [-0.1, -0.05) is 30.3 Å². The Labute approximate surface area is 172 Å². The first kappa shape index (κ1) is 22.1. The molecule has 0 radical (unpaired) electrons. The lowest BCUT2D eigenvalue weighted by Gasteiger charge is -2.48. The van der Waals surface area contributed by atoms with Crippen molar-refractivity contribution in [1.29, 1.82) is 0 Å². The average Bonchev–Trinajstić information content (AvgIpc) is 2.97. The fourth-order valence-corrected chi connectivity index (χ4v) is 4.43. The number of carbonyl (C=O) groups is 3. The van der Waals surface area contributed by atoms with Crippen molar-refractivity contribution >= 4 is 18.0 Å². The van der Waals surface area contributed by atoms with Crippen LogP contribution in [0.15, 0.2) is 30.3 Å². The third-order valence-corrected chi connectivity index (χ3v) is 6.11. The number of hydrogen-bond donors (Lipinski definition) is 1. The molecular formula is C20H24F3N3O4. The zero-order valence-electron chi connectivity index (χ0n) is 16.8. The van der Waals surface area contributed by atoms with Crippen LogP contribution >= 0.6 is 0 Å². The van der Waals surface area contributed by atoms with Crippen molar-refractivity contribution in [2.45, 2.75) is 42.9 Å². The fourth-order valence-electron chi connectivity index (χ4n) is 4.43. The van der Waals surface area contributed by atoms with Gasteiger partial charge in [-0.15, -0.1) is 0 Å². The predicted octanol–water partition coefficient (Wildman–Crippen LogP) is 2.41. The van der Waals surface area contributed by atoms with E-state index >= 15 is 0 Å². The first-order chi connectivity index (χ1) is 14.0. The highest BCUT2D eigenvalue weighted by Crippen LogP contribution is 2.45. The minimum Gasteiger partial charge on any atom is -0.385 e. The van der Waals surface area contributed by atoms with E-state index in [-0.39, 0.29) is 12.1 Å². The van der Waals surface area contributed by atoms with Crippen LogP contribution in [0.5, 0.6) is 0 Å². The lowest BCUT2D eigenvalue weighted by atomic mass is 9.69. The number of amides is 2. The largest absolute Gasteiger partial charge is 0.491 e. The summed E-state index contributed by atoms with van der Waals surface area (Å²) in [6.07, 6.45) is -2.47. The highest BCUT2D eigenvalue weighted by Gasteiger charge is 2.50. The Bertz CT molecular complexity index is 818. The summed E-state index contributed by atoms with van der Waals surface area (Å²) in [5, 5.41) is 2.89. The summed E-state index contributed by atoms with van der Waals surface area (Å²) in [7, 11) is 4.02. The summed E-state index contributed by atoms with van der Waals surface area (Å²) in [6.45, 7) is -0.549. The van der Waals surface area contributed by atoms with Crippen molar-refractivity contribution in [3.63, 3.8) is 0 Å². The molecule has 2 aliphatic rings. The summed E-state index contributed by atoms with van der Waals surface area (Å²) < 4.78 is 40.5. The van der Waals surface area contributed by atoms with E-state index in [1.807, 2.05) is 32.3 Å². The number of nitrogens with zero attached hydrogens (tertiary/aromatic N) is 2. The first-order valence-corrected chi connectivity index (χ1v) is 9.59. The molecule has 7 nitrogen and oxygen atoms in total. The summed E-state index contributed by atoms with van der Waals surface area (Å²) in [5.41, 5.74) is 0.419. The van der Waals surface area contributed by atoms with Crippen LogP contribution in [0.4, 0.5) is 18.0 Å². The molecule has 2 amide bonds. The molecule has 164 valence electrons. The normalized spacial score (nSPS) is 26.7. The third kappa shape index (κ3) is 4.28. The third-order valence-electron chi connectivity index (χ3n) is 6.11. The highest BCUT2D eigenvalue weighted by molar-refractivity contribution is 5.91. The van der Waals surface area contributed by atoms with Crippen LogP contribution in [0.2, 0.25) is 0 Å². The summed E-state index contributed by atoms with van der Waals surface area (Å²) in [6, 6.07) is 9.52. The molecule has 0 atom stereocenters. The van der Waals surface area contributed by atoms with Crippen LogP contribution in [0, 0.1) is 0 Å². The number of esters is 2. The van der Waals surface area contributed by atoms with Gasteiger partial charge in [-0.25, -0.2) is 14.4 Å². The number of nitrogens with one attached hydrogen (secondary N) is 1. The van der Waals surface area contributed by atoms with Gasteiger partial charge < -0.3 is 15.0 Å². The Morgan fingerprint density at radius 3 is 2.27 bits per heavy atom. The second-order valence-corrected chi connectivity index (χ2v) is 8.12. The maximum absolute atomic E-state index is 12.3. The minimum atomic E-state index is -5.26. The van der Waals surface area contributed by atoms with Crippen LogP contribution < -0.4 is 5.32 Å². The van der Waals surface area contributed by atoms with Crippen molar-refractivity contribution < 1.29 is 32.3 Å². The van der Waals surface area contributed by atoms with Gasteiger partial charge in [0.2, 0.25) is 0 Å². The van der Waals surface area contributed by atoms with Crippen LogP contribution in [0.25, 0.3) is 0 Å². The molecule has 0 bridgehead atoms. The first-order valence-electron chi connectivity index (χ1n) is 9.59. The predicted molar refractivity (Wildman–Crippen MR) is 100 cm³/mol. The molecule has 1 N–H and O–H groups in total. The van der Waals surface area contributed by atoms with E-state index in [1.54, 1.807) is 0 Å². The fraction of sp³-hybridized carbons (Fsp3) is 0.550. The maximum atomic E-state index is 12.3. The van der Waals surface area contributed by atoms with Crippen LogP contribution in [-0.4, -0.2) is 66.7 Å². The molecule has 1 heterocycles. The van der Waals surface area contributed by atoms with Gasteiger partial charge in [-0.2, -0.15) is 13.2 Å². The molecule has 0 unspecified atom stereocenters. The molecule has 0 aromatic heterocycles. The van der Waals surface area contributed by atoms with Gasteiger partial charge in [0.05, 0.1) is 5.54 Å². The molecule has 30 heavy (non-hydrogen) atoms. The molecule has 2 fully saturated rings. The molecule has 1 aromatic rings. The topological polar surface area (TPSA) is 79.0 Å². The van der Waals surface area contributed by atoms with E-state index in [2.05, 4.69) is 27.1 Å². The molecule has 1 saturated carbocycles. The van der Waals surface area contributed by atoms with Crippen LogP contribution in [-0.2, 0) is 19.9 Å². The Balaban J connectivity index is 1.65. The van der Waals surface area contributed by atoms with E-state index < -0.39 is 36.2 Å². The molecule has 3 rings (SSSR count). The molecule has 1 aliphatic carbocycles. The standard InChI is InChI=1S/C20H24F3N3O4/c1-25(2)19(14-6-4-3-5-7-14)10-8-18(9-11-19)13-26(17(29)24-18)12-15(27)30-16(28)20(21,22)23/h3-7H,8-13H2,1-2H3,(H,24,29). The van der Waals surface area contributed by atoms with Gasteiger partial charge in [0.1, 0.15) is 6.54 Å². The van der Waals surface area contributed by atoms with Gasteiger partial charge in [0, 0.05) is 12.1 Å². The second kappa shape index (κ2) is 7.90. The SMILES string of the molecule is CN(C)C1(c2ccccc2)CCC2(CC1)CN(CC(=O)OC(=O)C(F)(F)F)C(=O)N2. The summed E-state index contributed by atoms with van der Waals surface area (Å²) in [5.74, 6) is -4.00. The average molecular weight is 427 g/mol. The molecular weight excluding hydrogens is 403 g/mol. The number of carbonyl (C=O) groups excluding carboxylic acids is 3. The number of halogens is 3. The second-order valence-electron chi connectivity index (χ2n) is 8.12. The lowest BCUT2D eigenvalue weighted by molar-refractivity contribution is -0.201. The smallest absolute Gasteiger partial charge is 0.385 e. The van der Waals surface area contributed by atoms with Gasteiger partial charge in [-0.3, -0.25) is 4.90 Å². The Morgan fingerprint density at radius 1 is 1.13 bits per heavy atom. The van der Waals surface area contributed by atoms with Crippen molar-refractivity contribution in [3.05, 3.63) is 35.9 Å². The quantitative estimate of drug-likeness (QED) is 0.590. The Morgan fingerprint density at radius 2 is 1.73 bits per heavy atom. The maximum Gasteiger partial charge on any atom is 0.491 e. The summed E-state index contributed by atoms with van der Waals surface area (Å²) in [4.78, 5) is 38.1. The number of benzene rings is 1. The molecule has 1 aliphatic heterocycles.